The zero-order chi connectivity index (χ0) is 17.7. The molecule has 7 heteroatoms. The largest absolute Gasteiger partial charge is 0.508 e. The number of allylic oxidation sites excluding steroid dienone is 2. The normalized spacial score (nSPS) is 21.9. The minimum Gasteiger partial charge on any atom is -0.508 e. The molecule has 130 valence electrons. The number of fused-ring (bicyclic) bond motifs is 1. The molecular weight excluding hydrogens is 348 g/mol. The van der Waals surface area contributed by atoms with Crippen molar-refractivity contribution in [2.75, 3.05) is 5.32 Å². The first-order chi connectivity index (χ1) is 12.7. The van der Waals surface area contributed by atoms with E-state index in [-0.39, 0.29) is 23.5 Å². The smallest absolute Gasteiger partial charge is 0.226 e. The third-order valence-electron chi connectivity index (χ3n) is 4.99. The molecule has 2 atom stereocenters. The number of thiophene rings is 1. The Morgan fingerprint density at radius 1 is 1.23 bits per heavy atom. The van der Waals surface area contributed by atoms with Gasteiger partial charge in [-0.15, -0.1) is 11.3 Å². The second-order valence-corrected chi connectivity index (χ2v) is 7.57. The van der Waals surface area contributed by atoms with Crippen LogP contribution in [-0.4, -0.2) is 25.7 Å². The van der Waals surface area contributed by atoms with Gasteiger partial charge in [0.05, 0.1) is 0 Å². The molecule has 3 aromatic rings. The molecule has 1 aliphatic heterocycles. The first-order valence-electron chi connectivity index (χ1n) is 8.46. The Hall–Kier alpha value is -2.93. The topological polar surface area (TPSA) is 80.0 Å². The summed E-state index contributed by atoms with van der Waals surface area (Å²) in [7, 11) is 0. The number of carbonyl (C=O) groups excluding carboxylic acids is 1. The molecule has 3 heterocycles. The number of anilines is 1. The molecule has 2 aromatic heterocycles. The molecule has 26 heavy (non-hydrogen) atoms. The third kappa shape index (κ3) is 2.35. The molecule has 2 N–H and O–H groups in total. The zero-order valence-corrected chi connectivity index (χ0v) is 14.6. The summed E-state index contributed by atoms with van der Waals surface area (Å²) in [4.78, 5) is 18.6. The third-order valence-corrected chi connectivity index (χ3v) is 6.03. The van der Waals surface area contributed by atoms with Crippen LogP contribution in [0.3, 0.4) is 0 Å². The quantitative estimate of drug-likeness (QED) is 0.728. The van der Waals surface area contributed by atoms with E-state index in [0.717, 1.165) is 23.3 Å². The lowest BCUT2D eigenvalue weighted by atomic mass is 9.80. The molecule has 6 nitrogen and oxygen atoms in total. The van der Waals surface area contributed by atoms with Crippen LogP contribution in [0.25, 0.3) is 0 Å². The molecule has 0 saturated carbocycles. The van der Waals surface area contributed by atoms with Crippen molar-refractivity contribution in [3.05, 3.63) is 69.8 Å². The Morgan fingerprint density at radius 3 is 2.96 bits per heavy atom. The zero-order valence-electron chi connectivity index (χ0n) is 13.8. The van der Waals surface area contributed by atoms with Gasteiger partial charge < -0.3 is 10.4 Å². The van der Waals surface area contributed by atoms with E-state index in [1.807, 2.05) is 17.5 Å². The van der Waals surface area contributed by atoms with Gasteiger partial charge in [0.25, 0.3) is 0 Å². The summed E-state index contributed by atoms with van der Waals surface area (Å²) in [6.07, 6.45) is 2.74. The molecule has 0 bridgehead atoms. The molecule has 0 saturated heterocycles. The maximum atomic E-state index is 13.1. The number of Topliss-reactive ketones (excluding diaryl/α,β-unsaturated/α-hetero) is 1. The van der Waals surface area contributed by atoms with Gasteiger partial charge in [-0.2, -0.15) is 10.1 Å². The SMILES string of the molecule is O=C1C[C@@H](c2cccs2)CC2=C1[C@H](c1cccc(O)c1)n1ncnc1N2. The number of aromatic nitrogens is 3. The van der Waals surface area contributed by atoms with Gasteiger partial charge >= 0.3 is 0 Å². The Morgan fingerprint density at radius 2 is 2.15 bits per heavy atom. The van der Waals surface area contributed by atoms with Crippen molar-refractivity contribution in [1.29, 1.82) is 0 Å². The summed E-state index contributed by atoms with van der Waals surface area (Å²) in [6, 6.07) is 10.7. The maximum Gasteiger partial charge on any atom is 0.226 e. The summed E-state index contributed by atoms with van der Waals surface area (Å²) in [5.74, 6) is 1.10. The molecule has 0 unspecified atom stereocenters. The van der Waals surface area contributed by atoms with Gasteiger partial charge in [-0.1, -0.05) is 18.2 Å². The Labute approximate surface area is 153 Å². The number of carbonyl (C=O) groups is 1. The molecule has 5 rings (SSSR count). The predicted octanol–water partition coefficient (Wildman–Crippen LogP) is 3.46. The average molecular weight is 364 g/mol. The van der Waals surface area contributed by atoms with E-state index in [1.54, 1.807) is 34.2 Å². The first-order valence-corrected chi connectivity index (χ1v) is 9.34. The van der Waals surface area contributed by atoms with E-state index in [4.69, 9.17) is 0 Å². The van der Waals surface area contributed by atoms with E-state index in [0.29, 0.717) is 12.4 Å². The van der Waals surface area contributed by atoms with E-state index < -0.39 is 0 Å². The molecule has 0 fully saturated rings. The molecule has 0 radical (unpaired) electrons. The van der Waals surface area contributed by atoms with Crippen LogP contribution in [0.5, 0.6) is 5.75 Å². The first kappa shape index (κ1) is 15.3. The molecular formula is C19H16N4O2S. The average Bonchev–Trinajstić information content (AvgIpc) is 3.31. The van der Waals surface area contributed by atoms with Crippen molar-refractivity contribution < 1.29 is 9.90 Å². The highest BCUT2D eigenvalue weighted by atomic mass is 32.1. The number of ketones is 1. The number of hydrogen-bond donors (Lipinski definition) is 2. The summed E-state index contributed by atoms with van der Waals surface area (Å²) < 4.78 is 1.72. The lowest BCUT2D eigenvalue weighted by molar-refractivity contribution is -0.116. The number of nitrogens with zero attached hydrogens (tertiary/aromatic N) is 3. The van der Waals surface area contributed by atoms with E-state index in [1.165, 1.54) is 11.2 Å². The Balaban J connectivity index is 1.63. The van der Waals surface area contributed by atoms with Crippen LogP contribution in [0.15, 0.2) is 59.4 Å². The van der Waals surface area contributed by atoms with Crippen molar-refractivity contribution in [2.45, 2.75) is 24.8 Å². The fourth-order valence-corrected chi connectivity index (χ4v) is 4.71. The maximum absolute atomic E-state index is 13.1. The number of benzene rings is 1. The van der Waals surface area contributed by atoms with Crippen molar-refractivity contribution in [2.24, 2.45) is 0 Å². The van der Waals surface area contributed by atoms with Crippen LogP contribution >= 0.6 is 11.3 Å². The van der Waals surface area contributed by atoms with Gasteiger partial charge in [0.2, 0.25) is 5.95 Å². The van der Waals surface area contributed by atoms with Crippen LogP contribution < -0.4 is 5.32 Å². The highest BCUT2D eigenvalue weighted by Gasteiger charge is 2.39. The van der Waals surface area contributed by atoms with Gasteiger partial charge in [0.15, 0.2) is 5.78 Å². The number of nitrogens with one attached hydrogen (secondary N) is 1. The predicted molar refractivity (Wildman–Crippen MR) is 98.2 cm³/mol. The van der Waals surface area contributed by atoms with Crippen LogP contribution in [-0.2, 0) is 4.79 Å². The van der Waals surface area contributed by atoms with E-state index in [9.17, 15) is 9.90 Å². The lowest BCUT2D eigenvalue weighted by Gasteiger charge is -2.34. The second-order valence-electron chi connectivity index (χ2n) is 6.59. The molecule has 1 aromatic carbocycles. The van der Waals surface area contributed by atoms with Gasteiger partial charge in [0, 0.05) is 28.5 Å². The summed E-state index contributed by atoms with van der Waals surface area (Å²) in [6.45, 7) is 0. The van der Waals surface area contributed by atoms with Gasteiger partial charge in [-0.05, 0) is 35.6 Å². The van der Waals surface area contributed by atoms with Crippen LogP contribution in [0.4, 0.5) is 5.95 Å². The van der Waals surface area contributed by atoms with Gasteiger partial charge in [-0.3, -0.25) is 4.79 Å². The van der Waals surface area contributed by atoms with E-state index in [2.05, 4.69) is 21.5 Å². The van der Waals surface area contributed by atoms with Crippen molar-refractivity contribution in [3.8, 4) is 5.75 Å². The Kier molecular flexibility index (Phi) is 3.43. The fraction of sp³-hybridized carbons (Fsp3) is 0.211. The molecule has 0 amide bonds. The summed E-state index contributed by atoms with van der Waals surface area (Å²) in [5.41, 5.74) is 2.46. The highest BCUT2D eigenvalue weighted by Crippen LogP contribution is 2.44. The summed E-state index contributed by atoms with van der Waals surface area (Å²) in [5, 5.41) is 19.6. The standard InChI is InChI=1S/C19H16N4O2S/c24-13-4-1-3-11(7-13)18-17-14(22-19-20-10-21-23(18)19)8-12(9-15(17)25)16-5-2-6-26-16/h1-7,10,12,18,24H,8-9H2,(H,20,21,22)/t12-,18-/m0/s1. The highest BCUT2D eigenvalue weighted by molar-refractivity contribution is 7.10. The van der Waals surface area contributed by atoms with Crippen LogP contribution in [0.2, 0.25) is 0 Å². The van der Waals surface area contributed by atoms with Crippen LogP contribution in [0, 0.1) is 0 Å². The number of rotatable bonds is 2. The molecule has 2 aliphatic rings. The van der Waals surface area contributed by atoms with Gasteiger partial charge in [-0.25, -0.2) is 4.68 Å². The second kappa shape index (κ2) is 5.81. The minimum absolute atomic E-state index is 0.117. The molecule has 1 aliphatic carbocycles. The molecule has 0 spiro atoms. The number of phenols is 1. The minimum atomic E-state index is -0.368. The Bertz CT molecular complexity index is 1020. The van der Waals surface area contributed by atoms with Crippen molar-refractivity contribution in [3.63, 3.8) is 0 Å². The van der Waals surface area contributed by atoms with Crippen molar-refractivity contribution in [1.82, 2.24) is 14.8 Å². The van der Waals surface area contributed by atoms with E-state index >= 15 is 0 Å². The monoisotopic (exact) mass is 364 g/mol. The number of aromatic hydroxyl groups is 1. The fourth-order valence-electron chi connectivity index (χ4n) is 3.88. The summed E-state index contributed by atoms with van der Waals surface area (Å²) >= 11 is 1.69. The lowest BCUT2D eigenvalue weighted by Crippen LogP contribution is -2.33. The van der Waals surface area contributed by atoms with Crippen LogP contribution in [0.1, 0.15) is 35.2 Å². The number of hydrogen-bond acceptors (Lipinski definition) is 6. The van der Waals surface area contributed by atoms with Gasteiger partial charge in [0.1, 0.15) is 18.1 Å². The number of phenolic OH excluding ortho intramolecular Hbond substituents is 1. The van der Waals surface area contributed by atoms with Crippen molar-refractivity contribution >= 4 is 23.1 Å².